The van der Waals surface area contributed by atoms with Crippen molar-refractivity contribution in [3.05, 3.63) is 21.9 Å². The Bertz CT molecular complexity index is 348. The lowest BCUT2D eigenvalue weighted by molar-refractivity contribution is 0.382. The summed E-state index contributed by atoms with van der Waals surface area (Å²) in [4.78, 5) is 2.99. The molecule has 1 N–H and O–H groups in total. The van der Waals surface area contributed by atoms with E-state index >= 15 is 0 Å². The molecule has 0 saturated heterocycles. The first kappa shape index (κ1) is 15.7. The molecule has 104 valence electrons. The predicted octanol–water partition coefficient (Wildman–Crippen LogP) is 5.13. The van der Waals surface area contributed by atoms with Crippen LogP contribution in [0.4, 0.5) is 0 Å². The van der Waals surface area contributed by atoms with Crippen LogP contribution in [-0.2, 0) is 5.41 Å². The molecule has 1 rings (SSSR count). The van der Waals surface area contributed by atoms with E-state index in [9.17, 15) is 0 Å². The molecule has 2 unspecified atom stereocenters. The summed E-state index contributed by atoms with van der Waals surface area (Å²) in [6.07, 6.45) is 2.43. The fourth-order valence-corrected chi connectivity index (χ4v) is 3.32. The van der Waals surface area contributed by atoms with Crippen LogP contribution in [0.15, 0.2) is 12.1 Å². The van der Waals surface area contributed by atoms with Crippen molar-refractivity contribution >= 4 is 11.3 Å². The van der Waals surface area contributed by atoms with Crippen LogP contribution in [-0.4, -0.2) is 6.54 Å². The fourth-order valence-electron chi connectivity index (χ4n) is 2.04. The van der Waals surface area contributed by atoms with Gasteiger partial charge in [-0.15, -0.1) is 11.3 Å². The smallest absolute Gasteiger partial charge is 0.0440 e. The maximum absolute atomic E-state index is 3.71. The standard InChI is InChI=1S/C16H29NS/c1-7-11-17-15(12(3)8-2)13-9-10-14(18-13)16(4,5)6/h9-10,12,15,17H,7-8,11H2,1-6H3. The van der Waals surface area contributed by atoms with Gasteiger partial charge in [0, 0.05) is 15.8 Å². The van der Waals surface area contributed by atoms with Gasteiger partial charge in [0.05, 0.1) is 0 Å². The van der Waals surface area contributed by atoms with Crippen molar-refractivity contribution in [2.45, 2.75) is 65.8 Å². The van der Waals surface area contributed by atoms with E-state index in [2.05, 4.69) is 59.0 Å². The fraction of sp³-hybridized carbons (Fsp3) is 0.750. The second-order valence-electron chi connectivity index (χ2n) is 6.27. The van der Waals surface area contributed by atoms with Crippen molar-refractivity contribution in [2.24, 2.45) is 5.92 Å². The van der Waals surface area contributed by atoms with E-state index in [1.807, 2.05) is 11.3 Å². The van der Waals surface area contributed by atoms with E-state index in [0.29, 0.717) is 12.0 Å². The van der Waals surface area contributed by atoms with Crippen LogP contribution in [0.3, 0.4) is 0 Å². The largest absolute Gasteiger partial charge is 0.309 e. The summed E-state index contributed by atoms with van der Waals surface area (Å²) in [7, 11) is 0. The molecule has 2 heteroatoms. The normalized spacial score (nSPS) is 15.7. The zero-order valence-electron chi connectivity index (χ0n) is 12.8. The molecule has 1 aromatic rings. The Kier molecular flexibility index (Phi) is 5.87. The minimum Gasteiger partial charge on any atom is -0.309 e. The molecule has 0 aromatic carbocycles. The first-order valence-electron chi connectivity index (χ1n) is 7.23. The molecule has 0 aliphatic carbocycles. The zero-order chi connectivity index (χ0) is 13.8. The van der Waals surface area contributed by atoms with Gasteiger partial charge in [0.15, 0.2) is 0 Å². The van der Waals surface area contributed by atoms with Crippen LogP contribution in [0.25, 0.3) is 0 Å². The van der Waals surface area contributed by atoms with Crippen LogP contribution in [0.2, 0.25) is 0 Å². The van der Waals surface area contributed by atoms with Crippen molar-refractivity contribution in [1.29, 1.82) is 0 Å². The van der Waals surface area contributed by atoms with Gasteiger partial charge in [0.1, 0.15) is 0 Å². The minimum atomic E-state index is 0.272. The average molecular weight is 267 g/mol. The molecule has 0 spiro atoms. The van der Waals surface area contributed by atoms with E-state index < -0.39 is 0 Å². The van der Waals surface area contributed by atoms with Gasteiger partial charge in [-0.25, -0.2) is 0 Å². The molecule has 0 saturated carbocycles. The number of hydrogen-bond acceptors (Lipinski definition) is 2. The highest BCUT2D eigenvalue weighted by molar-refractivity contribution is 7.12. The Balaban J connectivity index is 2.88. The molecule has 0 bridgehead atoms. The van der Waals surface area contributed by atoms with Gasteiger partial charge in [-0.3, -0.25) is 0 Å². The maximum Gasteiger partial charge on any atom is 0.0440 e. The average Bonchev–Trinajstić information content (AvgIpc) is 2.78. The Morgan fingerprint density at radius 2 is 1.89 bits per heavy atom. The quantitative estimate of drug-likeness (QED) is 0.753. The topological polar surface area (TPSA) is 12.0 Å². The molecule has 2 atom stereocenters. The van der Waals surface area contributed by atoms with Crippen LogP contribution in [0.1, 0.15) is 70.2 Å². The maximum atomic E-state index is 3.71. The third-order valence-corrected chi connectivity index (χ3v) is 5.09. The van der Waals surface area contributed by atoms with E-state index in [4.69, 9.17) is 0 Å². The van der Waals surface area contributed by atoms with Crippen LogP contribution in [0.5, 0.6) is 0 Å². The summed E-state index contributed by atoms with van der Waals surface area (Å²) >= 11 is 1.98. The molecule has 18 heavy (non-hydrogen) atoms. The Labute approximate surface area is 117 Å². The Morgan fingerprint density at radius 3 is 2.33 bits per heavy atom. The molecule has 0 radical (unpaired) electrons. The molecule has 1 nitrogen and oxygen atoms in total. The summed E-state index contributed by atoms with van der Waals surface area (Å²) in [5.74, 6) is 0.697. The van der Waals surface area contributed by atoms with Gasteiger partial charge in [0.25, 0.3) is 0 Å². The molecule has 0 amide bonds. The van der Waals surface area contributed by atoms with E-state index in [0.717, 1.165) is 6.54 Å². The van der Waals surface area contributed by atoms with Crippen LogP contribution < -0.4 is 5.32 Å². The van der Waals surface area contributed by atoms with Gasteiger partial charge in [-0.05, 0) is 36.4 Å². The molecule has 0 aliphatic heterocycles. The molecule has 1 aromatic heterocycles. The molecule has 0 aliphatic rings. The lowest BCUT2D eigenvalue weighted by Crippen LogP contribution is -2.26. The second kappa shape index (κ2) is 6.72. The summed E-state index contributed by atoms with van der Waals surface area (Å²) < 4.78 is 0. The van der Waals surface area contributed by atoms with E-state index in [1.54, 1.807) is 0 Å². The van der Waals surface area contributed by atoms with Crippen LogP contribution in [0, 0.1) is 5.92 Å². The SMILES string of the molecule is CCCNC(c1ccc(C(C)(C)C)s1)C(C)CC. The van der Waals surface area contributed by atoms with Gasteiger partial charge in [-0.2, -0.15) is 0 Å². The predicted molar refractivity (Wildman–Crippen MR) is 83.5 cm³/mol. The van der Waals surface area contributed by atoms with Gasteiger partial charge in [0.2, 0.25) is 0 Å². The van der Waals surface area contributed by atoms with Gasteiger partial charge < -0.3 is 5.32 Å². The van der Waals surface area contributed by atoms with E-state index in [-0.39, 0.29) is 5.41 Å². The molecule has 1 heterocycles. The molecular formula is C16H29NS. The summed E-state index contributed by atoms with van der Waals surface area (Å²) in [5.41, 5.74) is 0.272. The van der Waals surface area contributed by atoms with Gasteiger partial charge >= 0.3 is 0 Å². The first-order valence-corrected chi connectivity index (χ1v) is 8.05. The zero-order valence-corrected chi connectivity index (χ0v) is 13.7. The first-order chi connectivity index (χ1) is 8.40. The van der Waals surface area contributed by atoms with Crippen molar-refractivity contribution in [3.63, 3.8) is 0 Å². The van der Waals surface area contributed by atoms with E-state index in [1.165, 1.54) is 22.6 Å². The number of nitrogens with one attached hydrogen (secondary N) is 1. The van der Waals surface area contributed by atoms with Crippen molar-refractivity contribution in [1.82, 2.24) is 5.32 Å². The Morgan fingerprint density at radius 1 is 1.22 bits per heavy atom. The van der Waals surface area contributed by atoms with Crippen molar-refractivity contribution < 1.29 is 0 Å². The summed E-state index contributed by atoms with van der Waals surface area (Å²) in [6.45, 7) is 14.8. The highest BCUT2D eigenvalue weighted by Crippen LogP contribution is 2.35. The highest BCUT2D eigenvalue weighted by atomic mass is 32.1. The second-order valence-corrected chi connectivity index (χ2v) is 7.38. The third-order valence-electron chi connectivity index (χ3n) is 3.50. The third kappa shape index (κ3) is 4.10. The lowest BCUT2D eigenvalue weighted by Gasteiger charge is -2.23. The van der Waals surface area contributed by atoms with Gasteiger partial charge in [-0.1, -0.05) is 48.0 Å². The number of thiophene rings is 1. The van der Waals surface area contributed by atoms with Crippen LogP contribution >= 0.6 is 11.3 Å². The monoisotopic (exact) mass is 267 g/mol. The Hall–Kier alpha value is -0.340. The number of hydrogen-bond donors (Lipinski definition) is 1. The molecular weight excluding hydrogens is 238 g/mol. The lowest BCUT2D eigenvalue weighted by atomic mass is 9.94. The number of rotatable bonds is 6. The van der Waals surface area contributed by atoms with Crippen molar-refractivity contribution in [3.8, 4) is 0 Å². The highest BCUT2D eigenvalue weighted by Gasteiger charge is 2.22. The summed E-state index contributed by atoms with van der Waals surface area (Å²) in [5, 5.41) is 3.71. The molecule has 0 fully saturated rings. The van der Waals surface area contributed by atoms with Crippen molar-refractivity contribution in [2.75, 3.05) is 6.54 Å². The summed E-state index contributed by atoms with van der Waals surface area (Å²) in [6, 6.07) is 5.16. The minimum absolute atomic E-state index is 0.272.